The third-order valence-corrected chi connectivity index (χ3v) is 2.54. The van der Waals surface area contributed by atoms with Crippen LogP contribution in [0.3, 0.4) is 0 Å². The van der Waals surface area contributed by atoms with Gasteiger partial charge in [0, 0.05) is 18.8 Å². The maximum absolute atomic E-state index is 12.3. The molecular weight excluding hydrogens is 244 g/mol. The highest BCUT2D eigenvalue weighted by atomic mass is 16.5. The summed E-state index contributed by atoms with van der Waals surface area (Å²) in [4.78, 5) is 24.8. The zero-order chi connectivity index (χ0) is 14.4. The number of benzene rings is 1. The summed E-state index contributed by atoms with van der Waals surface area (Å²) in [5.74, 6) is -0.653. The molecule has 5 heteroatoms. The summed E-state index contributed by atoms with van der Waals surface area (Å²) in [6.45, 7) is 3.93. The summed E-state index contributed by atoms with van der Waals surface area (Å²) in [6.07, 6.45) is 0. The van der Waals surface area contributed by atoms with Gasteiger partial charge in [0.05, 0.1) is 12.7 Å². The Hall–Kier alpha value is -2.04. The summed E-state index contributed by atoms with van der Waals surface area (Å²) in [7, 11) is 2.88. The molecule has 0 radical (unpaired) electrons. The molecule has 1 aromatic carbocycles. The highest BCUT2D eigenvalue weighted by Crippen LogP contribution is 2.17. The fourth-order valence-corrected chi connectivity index (χ4v) is 1.64. The van der Waals surface area contributed by atoms with E-state index in [9.17, 15) is 9.59 Å². The van der Waals surface area contributed by atoms with Crippen molar-refractivity contribution in [2.24, 2.45) is 0 Å². The Balaban J connectivity index is 2.89. The lowest BCUT2D eigenvalue weighted by molar-refractivity contribution is -0.141. The van der Waals surface area contributed by atoms with E-state index in [1.54, 1.807) is 19.2 Å². The number of likely N-dealkylation sites (N-methyl/N-ethyl adjacent to an activating group) is 1. The van der Waals surface area contributed by atoms with Gasteiger partial charge < -0.3 is 15.0 Å². The summed E-state index contributed by atoms with van der Waals surface area (Å²) < 4.78 is 4.55. The Labute approximate surface area is 113 Å². The van der Waals surface area contributed by atoms with Gasteiger partial charge in [0.2, 0.25) is 0 Å². The molecule has 0 spiro atoms. The number of rotatable bonds is 5. The van der Waals surface area contributed by atoms with Gasteiger partial charge in [0.1, 0.15) is 6.54 Å². The molecule has 19 heavy (non-hydrogen) atoms. The molecule has 0 aromatic heterocycles. The molecule has 1 rings (SSSR count). The van der Waals surface area contributed by atoms with E-state index >= 15 is 0 Å². The van der Waals surface area contributed by atoms with E-state index in [0.29, 0.717) is 5.56 Å². The molecule has 0 aliphatic heterocycles. The largest absolute Gasteiger partial charge is 0.468 e. The molecule has 1 amide bonds. The summed E-state index contributed by atoms with van der Waals surface area (Å²) in [5.41, 5.74) is 1.31. The molecule has 0 fully saturated rings. The van der Waals surface area contributed by atoms with Crippen LogP contribution in [0.25, 0.3) is 0 Å². The van der Waals surface area contributed by atoms with Crippen molar-refractivity contribution < 1.29 is 14.3 Å². The number of esters is 1. The lowest BCUT2D eigenvalue weighted by Crippen LogP contribution is -2.33. The van der Waals surface area contributed by atoms with Gasteiger partial charge in [-0.1, -0.05) is 12.1 Å². The van der Waals surface area contributed by atoms with Crippen LogP contribution >= 0.6 is 0 Å². The van der Waals surface area contributed by atoms with Crippen LogP contribution in [0.5, 0.6) is 0 Å². The third kappa shape index (κ3) is 4.28. The second-order valence-corrected chi connectivity index (χ2v) is 4.58. The van der Waals surface area contributed by atoms with E-state index in [0.717, 1.165) is 5.69 Å². The second kappa shape index (κ2) is 6.78. The number of nitrogens with zero attached hydrogens (tertiary/aromatic N) is 1. The molecule has 0 aliphatic carbocycles. The van der Waals surface area contributed by atoms with Gasteiger partial charge in [0.15, 0.2) is 0 Å². The van der Waals surface area contributed by atoms with Crippen molar-refractivity contribution in [3.8, 4) is 0 Å². The van der Waals surface area contributed by atoms with Crippen LogP contribution in [0.2, 0.25) is 0 Å². The van der Waals surface area contributed by atoms with Gasteiger partial charge in [-0.15, -0.1) is 0 Å². The summed E-state index contributed by atoms with van der Waals surface area (Å²) in [5, 5.41) is 3.21. The van der Waals surface area contributed by atoms with Gasteiger partial charge in [-0.2, -0.15) is 0 Å². The molecule has 1 N–H and O–H groups in total. The Bertz CT molecular complexity index is 458. The van der Waals surface area contributed by atoms with Crippen LogP contribution in [-0.4, -0.2) is 43.5 Å². The van der Waals surface area contributed by atoms with Gasteiger partial charge in [-0.3, -0.25) is 9.59 Å². The van der Waals surface area contributed by atoms with Crippen molar-refractivity contribution in [3.05, 3.63) is 29.8 Å². The second-order valence-electron chi connectivity index (χ2n) is 4.58. The molecule has 0 aliphatic rings. The number of carbonyl (C=O) groups excluding carboxylic acids is 2. The molecule has 0 heterocycles. The van der Waals surface area contributed by atoms with E-state index in [-0.39, 0.29) is 18.5 Å². The van der Waals surface area contributed by atoms with Crippen molar-refractivity contribution in [2.75, 3.05) is 26.0 Å². The number of methoxy groups -OCH3 is 1. The van der Waals surface area contributed by atoms with E-state index in [1.807, 2.05) is 26.0 Å². The van der Waals surface area contributed by atoms with Crippen molar-refractivity contribution in [1.29, 1.82) is 0 Å². The van der Waals surface area contributed by atoms with Gasteiger partial charge >= 0.3 is 5.97 Å². The predicted octanol–water partition coefficient (Wildman–Crippen LogP) is 1.75. The van der Waals surface area contributed by atoms with Gasteiger partial charge in [-0.05, 0) is 26.0 Å². The topological polar surface area (TPSA) is 58.6 Å². The lowest BCUT2D eigenvalue weighted by Gasteiger charge is -2.19. The van der Waals surface area contributed by atoms with Gasteiger partial charge in [0.25, 0.3) is 5.91 Å². The van der Waals surface area contributed by atoms with E-state index in [2.05, 4.69) is 10.1 Å². The zero-order valence-corrected chi connectivity index (χ0v) is 11.8. The van der Waals surface area contributed by atoms with Crippen LogP contribution < -0.4 is 5.32 Å². The minimum Gasteiger partial charge on any atom is -0.468 e. The maximum atomic E-state index is 12.3. The molecule has 0 bridgehead atoms. The number of para-hydroxylation sites is 1. The third-order valence-electron chi connectivity index (χ3n) is 2.54. The minimum absolute atomic E-state index is 0.0641. The SMILES string of the molecule is COC(=O)CN(C)C(=O)c1ccccc1NC(C)C. The summed E-state index contributed by atoms with van der Waals surface area (Å²) >= 11 is 0. The molecule has 104 valence electrons. The first-order chi connectivity index (χ1) is 8.95. The number of nitrogens with one attached hydrogen (secondary N) is 1. The fraction of sp³-hybridized carbons (Fsp3) is 0.429. The van der Waals surface area contributed by atoms with E-state index in [4.69, 9.17) is 0 Å². The Morgan fingerprint density at radius 3 is 2.53 bits per heavy atom. The number of carbonyl (C=O) groups is 2. The fourth-order valence-electron chi connectivity index (χ4n) is 1.64. The molecule has 1 aromatic rings. The number of hydrogen-bond acceptors (Lipinski definition) is 4. The quantitative estimate of drug-likeness (QED) is 0.823. The summed E-state index contributed by atoms with van der Waals surface area (Å²) in [6, 6.07) is 7.46. The van der Waals surface area contributed by atoms with Crippen molar-refractivity contribution >= 4 is 17.6 Å². The smallest absolute Gasteiger partial charge is 0.325 e. The molecular formula is C14H20N2O3. The Kier molecular flexibility index (Phi) is 5.36. The highest BCUT2D eigenvalue weighted by molar-refractivity contribution is 6.00. The van der Waals surface area contributed by atoms with E-state index in [1.165, 1.54) is 12.0 Å². The molecule has 0 unspecified atom stereocenters. The first kappa shape index (κ1) is 15.0. The average molecular weight is 264 g/mol. The normalized spacial score (nSPS) is 10.2. The molecule has 0 saturated heterocycles. The Morgan fingerprint density at radius 1 is 1.32 bits per heavy atom. The van der Waals surface area contributed by atoms with Crippen LogP contribution in [0.1, 0.15) is 24.2 Å². The predicted molar refractivity (Wildman–Crippen MR) is 74.2 cm³/mol. The standard InChI is InChI=1S/C14H20N2O3/c1-10(2)15-12-8-6-5-7-11(12)14(18)16(3)9-13(17)19-4/h5-8,10,15H,9H2,1-4H3. The van der Waals surface area contributed by atoms with Crippen LogP contribution in [-0.2, 0) is 9.53 Å². The van der Waals surface area contributed by atoms with Crippen LogP contribution in [0, 0.1) is 0 Å². The van der Waals surface area contributed by atoms with Gasteiger partial charge in [-0.25, -0.2) is 0 Å². The molecule has 0 atom stereocenters. The van der Waals surface area contributed by atoms with Crippen molar-refractivity contribution in [3.63, 3.8) is 0 Å². The Morgan fingerprint density at radius 2 is 1.95 bits per heavy atom. The number of anilines is 1. The molecule has 0 saturated carbocycles. The average Bonchev–Trinajstić information content (AvgIpc) is 2.37. The minimum atomic E-state index is -0.440. The number of hydrogen-bond donors (Lipinski definition) is 1. The lowest BCUT2D eigenvalue weighted by atomic mass is 10.1. The first-order valence-electron chi connectivity index (χ1n) is 6.13. The highest BCUT2D eigenvalue weighted by Gasteiger charge is 2.18. The number of amides is 1. The van der Waals surface area contributed by atoms with Crippen LogP contribution in [0.15, 0.2) is 24.3 Å². The molecule has 5 nitrogen and oxygen atoms in total. The van der Waals surface area contributed by atoms with Crippen molar-refractivity contribution in [1.82, 2.24) is 4.90 Å². The van der Waals surface area contributed by atoms with Crippen LogP contribution in [0.4, 0.5) is 5.69 Å². The first-order valence-corrected chi connectivity index (χ1v) is 6.13. The van der Waals surface area contributed by atoms with Crippen molar-refractivity contribution in [2.45, 2.75) is 19.9 Å². The monoisotopic (exact) mass is 264 g/mol. The van der Waals surface area contributed by atoms with E-state index < -0.39 is 5.97 Å². The maximum Gasteiger partial charge on any atom is 0.325 e. The zero-order valence-electron chi connectivity index (χ0n) is 11.8. The number of ether oxygens (including phenoxy) is 1.